The Morgan fingerprint density at radius 3 is 1.72 bits per heavy atom. The van der Waals surface area contributed by atoms with Gasteiger partial charge in [0.05, 0.1) is 11.0 Å². The van der Waals surface area contributed by atoms with Crippen LogP contribution in [0, 0.1) is 0 Å². The van der Waals surface area contributed by atoms with Gasteiger partial charge in [-0.2, -0.15) is 0 Å². The van der Waals surface area contributed by atoms with Crippen LogP contribution in [0.5, 0.6) is 0 Å². The molecule has 272 valence electrons. The van der Waals surface area contributed by atoms with Crippen LogP contribution < -0.4 is 25.6 Å². The Balaban J connectivity index is 1.15. The Labute approximate surface area is 342 Å². The second-order valence-electron chi connectivity index (χ2n) is 15.2. The first kappa shape index (κ1) is 33.2. The maximum Gasteiger partial charge on any atom is 0.181 e. The molecule has 4 heteroatoms. The summed E-state index contributed by atoms with van der Waals surface area (Å²) in [5.41, 5.74) is 9.73. The molecule has 0 aliphatic carbocycles. The summed E-state index contributed by atoms with van der Waals surface area (Å²) >= 11 is 1.94. The van der Waals surface area contributed by atoms with E-state index in [1.165, 1.54) is 73.9 Å². The van der Waals surface area contributed by atoms with Gasteiger partial charge < -0.3 is 9.47 Å². The van der Waals surface area contributed by atoms with E-state index in [9.17, 15) is 0 Å². The number of benzene rings is 9. The van der Waals surface area contributed by atoms with Gasteiger partial charge in [0.25, 0.3) is 0 Å². The Morgan fingerprint density at radius 2 is 0.983 bits per heavy atom. The zero-order chi connectivity index (χ0) is 38.2. The molecule has 58 heavy (non-hydrogen) atoms. The predicted octanol–water partition coefficient (Wildman–Crippen LogP) is 12.0. The molecule has 12 rings (SSSR count). The molecule has 1 aliphatic heterocycles. The van der Waals surface area contributed by atoms with Crippen molar-refractivity contribution in [2.45, 2.75) is 0 Å². The molecule has 0 radical (unpaired) electrons. The molecule has 0 bridgehead atoms. The average molecular weight is 773 g/mol. The summed E-state index contributed by atoms with van der Waals surface area (Å²) in [5, 5.41) is 10.9. The van der Waals surface area contributed by atoms with Gasteiger partial charge in [-0.25, -0.2) is 0 Å². The van der Waals surface area contributed by atoms with E-state index in [0.717, 1.165) is 22.7 Å². The van der Waals surface area contributed by atoms with Gasteiger partial charge in [0.1, 0.15) is 0 Å². The summed E-state index contributed by atoms with van der Waals surface area (Å²) in [4.78, 5) is 2.46. The SMILES string of the molecule is c1ccc(N(c2ccc3c(c2)[Si](c2ccccc2)(c2ccccc2)c2ccc4c(sc5ccccc54)c2-3)c2ccc3c(c2)c2ccccc2n3-c2ccccc2)cc1. The number of aromatic nitrogens is 1. The molecule has 0 atom stereocenters. The molecule has 0 N–H and O–H groups in total. The Morgan fingerprint density at radius 1 is 0.397 bits per heavy atom. The minimum absolute atomic E-state index is 1.13. The van der Waals surface area contributed by atoms with Crippen LogP contribution in [0.3, 0.4) is 0 Å². The second-order valence-corrected chi connectivity index (χ2v) is 20.0. The third-order valence-electron chi connectivity index (χ3n) is 12.2. The molecule has 0 fully saturated rings. The van der Waals surface area contributed by atoms with E-state index in [2.05, 4.69) is 228 Å². The van der Waals surface area contributed by atoms with Gasteiger partial charge in [-0.05, 0) is 98.6 Å². The predicted molar refractivity (Wildman–Crippen MR) is 251 cm³/mol. The molecule has 11 aromatic rings. The van der Waals surface area contributed by atoms with E-state index in [1.807, 2.05) is 11.3 Å². The second kappa shape index (κ2) is 13.0. The summed E-state index contributed by atoms with van der Waals surface area (Å²) in [7, 11) is -2.81. The third-order valence-corrected chi connectivity index (χ3v) is 18.3. The smallest absolute Gasteiger partial charge is 0.181 e. The van der Waals surface area contributed by atoms with Crippen molar-refractivity contribution in [2.24, 2.45) is 0 Å². The zero-order valence-electron chi connectivity index (χ0n) is 31.6. The van der Waals surface area contributed by atoms with Crippen LogP contribution in [-0.4, -0.2) is 12.6 Å². The van der Waals surface area contributed by atoms with Gasteiger partial charge in [-0.1, -0.05) is 152 Å². The lowest BCUT2D eigenvalue weighted by atomic mass is 10.0. The number of hydrogen-bond acceptors (Lipinski definition) is 2. The zero-order valence-corrected chi connectivity index (χ0v) is 33.4. The molecule has 0 saturated heterocycles. The molecular formula is C54H36N2SSi. The lowest BCUT2D eigenvalue weighted by Crippen LogP contribution is -2.72. The van der Waals surface area contributed by atoms with Crippen LogP contribution in [0.15, 0.2) is 218 Å². The van der Waals surface area contributed by atoms with Gasteiger partial charge in [-0.15, -0.1) is 11.3 Å². The number of hydrogen-bond donors (Lipinski definition) is 0. The summed E-state index contributed by atoms with van der Waals surface area (Å²) in [6, 6.07) is 81.2. The van der Waals surface area contributed by atoms with Crippen molar-refractivity contribution in [3.63, 3.8) is 0 Å². The largest absolute Gasteiger partial charge is 0.310 e. The van der Waals surface area contributed by atoms with Crippen molar-refractivity contribution < 1.29 is 0 Å². The first-order valence-electron chi connectivity index (χ1n) is 19.9. The van der Waals surface area contributed by atoms with E-state index in [1.54, 1.807) is 0 Å². The number of para-hydroxylation sites is 3. The summed E-state index contributed by atoms with van der Waals surface area (Å²) in [6.45, 7) is 0. The van der Waals surface area contributed by atoms with Gasteiger partial charge in [0, 0.05) is 53.7 Å². The van der Waals surface area contributed by atoms with Crippen molar-refractivity contribution in [3.8, 4) is 16.8 Å². The lowest BCUT2D eigenvalue weighted by Gasteiger charge is -2.32. The highest BCUT2D eigenvalue weighted by atomic mass is 32.1. The molecule has 2 aromatic heterocycles. The first-order valence-corrected chi connectivity index (χ1v) is 22.8. The van der Waals surface area contributed by atoms with Gasteiger partial charge >= 0.3 is 0 Å². The van der Waals surface area contributed by atoms with Crippen LogP contribution in [0.1, 0.15) is 0 Å². The monoisotopic (exact) mass is 772 g/mol. The van der Waals surface area contributed by atoms with Crippen LogP contribution in [0.2, 0.25) is 0 Å². The van der Waals surface area contributed by atoms with E-state index < -0.39 is 8.07 Å². The fourth-order valence-electron chi connectivity index (χ4n) is 9.86. The quantitative estimate of drug-likeness (QED) is 0.153. The van der Waals surface area contributed by atoms with E-state index >= 15 is 0 Å². The summed E-state index contributed by atoms with van der Waals surface area (Å²) in [5.74, 6) is 0. The number of rotatable bonds is 6. The summed E-state index contributed by atoms with van der Waals surface area (Å²) in [6.07, 6.45) is 0. The lowest BCUT2D eigenvalue weighted by molar-refractivity contribution is 1.18. The number of anilines is 3. The standard InChI is InChI=1S/C54H36N2SSi/c1-5-17-37(18-6-1)55(39-30-33-49-47(35-39)43-25-13-15-27-48(43)56(49)38-19-7-2-8-20-38)40-29-31-46-52(36-40)58(41-21-9-3-10-22-41,42-23-11-4-12-24-42)51-34-32-45-44-26-14-16-28-50(44)57-54(45)53(46)51/h1-36H. The molecular weight excluding hydrogens is 737 g/mol. The maximum atomic E-state index is 2.55. The Kier molecular flexibility index (Phi) is 7.46. The highest BCUT2D eigenvalue weighted by molar-refractivity contribution is 7.28. The number of fused-ring (bicyclic) bond motifs is 10. The van der Waals surface area contributed by atoms with Crippen molar-refractivity contribution in [1.29, 1.82) is 0 Å². The van der Waals surface area contributed by atoms with Crippen molar-refractivity contribution in [1.82, 2.24) is 4.57 Å². The van der Waals surface area contributed by atoms with Crippen LogP contribution in [-0.2, 0) is 0 Å². The third kappa shape index (κ3) is 4.76. The average Bonchev–Trinajstić information content (AvgIpc) is 3.94. The molecule has 0 unspecified atom stereocenters. The summed E-state index contributed by atoms with van der Waals surface area (Å²) < 4.78 is 5.11. The highest BCUT2D eigenvalue weighted by Gasteiger charge is 2.49. The van der Waals surface area contributed by atoms with Crippen molar-refractivity contribution >= 4 is 99.2 Å². The highest BCUT2D eigenvalue weighted by Crippen LogP contribution is 2.45. The minimum atomic E-state index is -2.81. The van der Waals surface area contributed by atoms with Crippen molar-refractivity contribution in [3.05, 3.63) is 218 Å². The van der Waals surface area contributed by atoms with Crippen LogP contribution >= 0.6 is 11.3 Å². The fraction of sp³-hybridized carbons (Fsp3) is 0. The van der Waals surface area contributed by atoms with Gasteiger partial charge in [0.15, 0.2) is 8.07 Å². The molecule has 1 aliphatic rings. The number of thiophene rings is 1. The molecule has 3 heterocycles. The van der Waals surface area contributed by atoms with E-state index in [-0.39, 0.29) is 0 Å². The molecule has 0 spiro atoms. The Hall–Kier alpha value is -6.98. The Bertz CT molecular complexity index is 3300. The molecule has 0 saturated carbocycles. The van der Waals surface area contributed by atoms with E-state index in [0.29, 0.717) is 0 Å². The van der Waals surface area contributed by atoms with Crippen molar-refractivity contribution in [2.75, 3.05) is 4.90 Å². The number of nitrogens with zero attached hydrogens (tertiary/aromatic N) is 2. The normalized spacial score (nSPS) is 13.0. The molecule has 2 nitrogen and oxygen atoms in total. The minimum Gasteiger partial charge on any atom is -0.310 e. The maximum absolute atomic E-state index is 2.81. The van der Waals surface area contributed by atoms with Gasteiger partial charge in [0.2, 0.25) is 0 Å². The first-order chi connectivity index (χ1) is 28.8. The topological polar surface area (TPSA) is 8.17 Å². The molecule has 0 amide bonds. The molecule has 9 aromatic carbocycles. The van der Waals surface area contributed by atoms with Crippen LogP contribution in [0.4, 0.5) is 17.1 Å². The van der Waals surface area contributed by atoms with E-state index in [4.69, 9.17) is 0 Å². The van der Waals surface area contributed by atoms with Crippen LogP contribution in [0.25, 0.3) is 58.8 Å². The van der Waals surface area contributed by atoms with Gasteiger partial charge in [-0.3, -0.25) is 0 Å². The fourth-order valence-corrected chi connectivity index (χ4v) is 16.4.